The van der Waals surface area contributed by atoms with E-state index in [0.717, 1.165) is 18.7 Å². The highest BCUT2D eigenvalue weighted by molar-refractivity contribution is 5.82. The van der Waals surface area contributed by atoms with Gasteiger partial charge in [-0.25, -0.2) is 0 Å². The monoisotopic (exact) mass is 370 g/mol. The van der Waals surface area contributed by atoms with Crippen LogP contribution in [0, 0.1) is 11.3 Å². The molecule has 26 heavy (non-hydrogen) atoms. The maximum Gasteiger partial charge on any atom is 0.416 e. The first-order chi connectivity index (χ1) is 12.1. The fraction of sp³-hybridized carbons (Fsp3) is 0.556. The lowest BCUT2D eigenvalue weighted by Crippen LogP contribution is -2.52. The highest BCUT2D eigenvalue weighted by atomic mass is 19.4. The largest absolute Gasteiger partial charge is 0.481 e. The molecule has 2 aliphatic rings. The second kappa shape index (κ2) is 6.57. The number of fused-ring (bicyclic) bond motifs is 1. The number of benzene rings is 1. The molecule has 5 nitrogen and oxygen atoms in total. The molecular weight excluding hydrogens is 349 g/mol. The molecule has 1 aromatic carbocycles. The Morgan fingerprint density at radius 1 is 1.31 bits per heavy atom. The van der Waals surface area contributed by atoms with E-state index in [4.69, 9.17) is 0 Å². The molecule has 0 unspecified atom stereocenters. The molecule has 2 saturated heterocycles. The summed E-state index contributed by atoms with van der Waals surface area (Å²) in [6, 6.07) is 4.70. The zero-order valence-electron chi connectivity index (χ0n) is 14.4. The predicted octanol–water partition coefficient (Wildman–Crippen LogP) is 2.11. The van der Waals surface area contributed by atoms with Gasteiger partial charge in [-0.15, -0.1) is 0 Å². The van der Waals surface area contributed by atoms with Crippen LogP contribution in [0.15, 0.2) is 24.3 Å². The van der Waals surface area contributed by atoms with Gasteiger partial charge < -0.3 is 14.9 Å². The van der Waals surface area contributed by atoms with Crippen molar-refractivity contribution >= 4 is 11.9 Å². The summed E-state index contributed by atoms with van der Waals surface area (Å²) in [5.74, 6) is -1.37. The van der Waals surface area contributed by atoms with Crippen molar-refractivity contribution in [3.05, 3.63) is 35.4 Å². The van der Waals surface area contributed by atoms with Gasteiger partial charge >= 0.3 is 12.1 Å². The van der Waals surface area contributed by atoms with Gasteiger partial charge in [0.1, 0.15) is 5.41 Å². The lowest BCUT2D eigenvalue weighted by molar-refractivity contribution is -0.154. The van der Waals surface area contributed by atoms with Crippen LogP contribution in [-0.4, -0.2) is 60.0 Å². The smallest absolute Gasteiger partial charge is 0.416 e. The normalized spacial score (nSPS) is 26.6. The Morgan fingerprint density at radius 2 is 2.04 bits per heavy atom. The number of carbonyl (C=O) groups is 2. The van der Waals surface area contributed by atoms with Crippen molar-refractivity contribution in [1.29, 1.82) is 0 Å². The topological polar surface area (TPSA) is 60.9 Å². The Morgan fingerprint density at radius 3 is 2.69 bits per heavy atom. The van der Waals surface area contributed by atoms with Gasteiger partial charge in [0.05, 0.1) is 12.0 Å². The third-order valence-electron chi connectivity index (χ3n) is 5.49. The Balaban J connectivity index is 1.75. The van der Waals surface area contributed by atoms with E-state index in [0.29, 0.717) is 19.5 Å². The van der Waals surface area contributed by atoms with Crippen LogP contribution in [0.5, 0.6) is 0 Å². The maximum absolute atomic E-state index is 12.8. The van der Waals surface area contributed by atoms with Crippen molar-refractivity contribution in [2.75, 3.05) is 33.2 Å². The Kier molecular flexibility index (Phi) is 4.72. The van der Waals surface area contributed by atoms with Crippen LogP contribution < -0.4 is 0 Å². The van der Waals surface area contributed by atoms with Crippen LogP contribution in [-0.2, 0) is 22.2 Å². The number of carboxylic acid groups (broad SMARTS) is 1. The lowest BCUT2D eigenvalue weighted by atomic mass is 9.73. The molecule has 0 saturated carbocycles. The quantitative estimate of drug-likeness (QED) is 0.885. The summed E-state index contributed by atoms with van der Waals surface area (Å²) in [7, 11) is 1.86. The number of hydrogen-bond donors (Lipinski definition) is 1. The number of nitrogens with zero attached hydrogens (tertiary/aromatic N) is 2. The van der Waals surface area contributed by atoms with E-state index in [1.165, 1.54) is 17.0 Å². The third kappa shape index (κ3) is 3.42. The first-order valence-corrected chi connectivity index (χ1v) is 8.48. The minimum absolute atomic E-state index is 0.106. The van der Waals surface area contributed by atoms with Gasteiger partial charge in [0, 0.05) is 19.6 Å². The van der Waals surface area contributed by atoms with Gasteiger partial charge in [0.2, 0.25) is 5.91 Å². The molecule has 0 aromatic heterocycles. The van der Waals surface area contributed by atoms with Gasteiger partial charge in [0.15, 0.2) is 0 Å². The zero-order chi connectivity index (χ0) is 19.1. The van der Waals surface area contributed by atoms with Crippen LogP contribution in [0.4, 0.5) is 13.2 Å². The molecule has 0 radical (unpaired) electrons. The van der Waals surface area contributed by atoms with Crippen LogP contribution in [0.3, 0.4) is 0 Å². The standard InChI is InChI=1S/C18H21F3N2O3/c1-22-6-5-14-9-23(11-17(14,10-22)16(25)26)15(24)8-12-3-2-4-13(7-12)18(19,20)21/h2-4,7,14H,5-6,8-11H2,1H3,(H,25,26)/t14-,17-/m1/s1. The number of likely N-dealkylation sites (tertiary alicyclic amines) is 2. The maximum atomic E-state index is 12.8. The van der Waals surface area contributed by atoms with Crippen molar-refractivity contribution in [3.8, 4) is 0 Å². The molecule has 0 aliphatic carbocycles. The van der Waals surface area contributed by atoms with E-state index >= 15 is 0 Å². The van der Waals surface area contributed by atoms with Gasteiger partial charge in [-0.05, 0) is 37.6 Å². The predicted molar refractivity (Wildman–Crippen MR) is 87.4 cm³/mol. The summed E-state index contributed by atoms with van der Waals surface area (Å²) >= 11 is 0. The molecule has 2 heterocycles. The number of piperidine rings is 1. The highest BCUT2D eigenvalue weighted by Crippen LogP contribution is 2.42. The fourth-order valence-electron chi connectivity index (χ4n) is 4.10. The Hall–Kier alpha value is -2.09. The van der Waals surface area contributed by atoms with E-state index in [1.54, 1.807) is 0 Å². The van der Waals surface area contributed by atoms with Crippen LogP contribution in [0.25, 0.3) is 0 Å². The molecule has 1 aromatic rings. The van der Waals surface area contributed by atoms with E-state index < -0.39 is 23.1 Å². The van der Waals surface area contributed by atoms with Gasteiger partial charge in [-0.1, -0.05) is 18.2 Å². The number of halogens is 3. The zero-order valence-corrected chi connectivity index (χ0v) is 14.4. The molecule has 3 rings (SSSR count). The number of alkyl halides is 3. The molecule has 2 fully saturated rings. The second-order valence-electron chi connectivity index (χ2n) is 7.33. The first-order valence-electron chi connectivity index (χ1n) is 8.48. The number of amides is 1. The van der Waals surface area contributed by atoms with E-state index in [2.05, 4.69) is 0 Å². The summed E-state index contributed by atoms with van der Waals surface area (Å²) in [5.41, 5.74) is -1.50. The Bertz CT molecular complexity index is 722. The van der Waals surface area contributed by atoms with Crippen LogP contribution in [0.1, 0.15) is 17.5 Å². The molecule has 2 aliphatic heterocycles. The van der Waals surface area contributed by atoms with E-state index in [1.807, 2.05) is 11.9 Å². The molecule has 142 valence electrons. The molecule has 0 bridgehead atoms. The molecule has 1 amide bonds. The van der Waals surface area contributed by atoms with Crippen molar-refractivity contribution in [1.82, 2.24) is 9.80 Å². The molecular formula is C18H21F3N2O3. The average Bonchev–Trinajstić information content (AvgIpc) is 2.94. The number of carboxylic acids is 1. The SMILES string of the molecule is CN1CC[C@@H]2CN(C(=O)Cc3cccc(C(F)(F)F)c3)C[C@]2(C(=O)O)C1. The average molecular weight is 370 g/mol. The highest BCUT2D eigenvalue weighted by Gasteiger charge is 2.55. The number of aliphatic carboxylic acids is 1. The number of rotatable bonds is 3. The van der Waals surface area contributed by atoms with Gasteiger partial charge in [-0.3, -0.25) is 9.59 Å². The second-order valence-corrected chi connectivity index (χ2v) is 7.33. The van der Waals surface area contributed by atoms with E-state index in [9.17, 15) is 27.9 Å². The van der Waals surface area contributed by atoms with Crippen molar-refractivity contribution in [3.63, 3.8) is 0 Å². The van der Waals surface area contributed by atoms with Crippen LogP contribution >= 0.6 is 0 Å². The first kappa shape index (κ1) is 18.7. The number of hydrogen-bond acceptors (Lipinski definition) is 3. The summed E-state index contributed by atoms with van der Waals surface area (Å²) in [6.45, 7) is 1.60. The Labute approximate surface area is 149 Å². The van der Waals surface area contributed by atoms with Crippen molar-refractivity contribution < 1.29 is 27.9 Å². The van der Waals surface area contributed by atoms with E-state index in [-0.39, 0.29) is 30.4 Å². The summed E-state index contributed by atoms with van der Waals surface area (Å²) in [5, 5.41) is 9.74. The third-order valence-corrected chi connectivity index (χ3v) is 5.49. The lowest BCUT2D eigenvalue weighted by Gasteiger charge is -2.39. The molecule has 0 spiro atoms. The summed E-state index contributed by atoms with van der Waals surface area (Å²) < 4.78 is 38.5. The van der Waals surface area contributed by atoms with Crippen molar-refractivity contribution in [2.45, 2.75) is 19.0 Å². The molecule has 8 heteroatoms. The number of carbonyl (C=O) groups excluding carboxylic acids is 1. The van der Waals surface area contributed by atoms with Crippen LogP contribution in [0.2, 0.25) is 0 Å². The van der Waals surface area contributed by atoms with Gasteiger partial charge in [0.25, 0.3) is 0 Å². The van der Waals surface area contributed by atoms with Gasteiger partial charge in [-0.2, -0.15) is 13.2 Å². The fourth-order valence-corrected chi connectivity index (χ4v) is 4.10. The van der Waals surface area contributed by atoms with Crippen molar-refractivity contribution in [2.24, 2.45) is 11.3 Å². The summed E-state index contributed by atoms with van der Waals surface area (Å²) in [4.78, 5) is 27.9. The minimum atomic E-state index is -4.46. The minimum Gasteiger partial charge on any atom is -0.481 e. The summed E-state index contributed by atoms with van der Waals surface area (Å²) in [6.07, 6.45) is -3.93. The molecule has 2 atom stereocenters. The molecule has 1 N–H and O–H groups in total.